The van der Waals surface area contributed by atoms with Crippen molar-refractivity contribution in [1.82, 2.24) is 4.72 Å². The molecule has 8 heteroatoms. The Labute approximate surface area is 167 Å². The molecule has 2 aromatic rings. The maximum atomic E-state index is 12.9. The first-order chi connectivity index (χ1) is 12.7. The lowest BCUT2D eigenvalue weighted by atomic mass is 10.1. The third-order valence-electron chi connectivity index (χ3n) is 4.62. The molecule has 0 radical (unpaired) electrons. The minimum atomic E-state index is -3.79. The Hall–Kier alpha value is -1.90. The molecule has 27 heavy (non-hydrogen) atoms. The molecular formula is C19H21BrN2O4S. The highest BCUT2D eigenvalue weighted by molar-refractivity contribution is 9.10. The summed E-state index contributed by atoms with van der Waals surface area (Å²) in [6, 6.07) is 10.6. The maximum Gasteiger partial charge on any atom is 0.242 e. The first kappa shape index (κ1) is 19.9. The molecule has 1 aliphatic heterocycles. The van der Waals surface area contributed by atoms with E-state index in [-0.39, 0.29) is 23.4 Å². The van der Waals surface area contributed by atoms with Crippen LogP contribution >= 0.6 is 15.9 Å². The lowest BCUT2D eigenvalue weighted by molar-refractivity contribution is -0.116. The minimum Gasteiger partial charge on any atom is -0.496 e. The van der Waals surface area contributed by atoms with Gasteiger partial charge >= 0.3 is 0 Å². The fourth-order valence-corrected chi connectivity index (χ4v) is 5.52. The number of nitrogens with zero attached hydrogens (tertiary/aromatic N) is 1. The average molecular weight is 453 g/mol. The number of hydrogen-bond donors (Lipinski definition) is 1. The number of carbonyl (C=O) groups is 1. The number of para-hydroxylation sites is 1. The van der Waals surface area contributed by atoms with Crippen LogP contribution in [0.2, 0.25) is 0 Å². The second-order valence-corrected chi connectivity index (χ2v) is 9.08. The number of benzene rings is 2. The molecule has 0 unspecified atom stereocenters. The zero-order chi connectivity index (χ0) is 19.8. The quantitative estimate of drug-likeness (QED) is 0.755. The molecule has 0 aliphatic carbocycles. The van der Waals surface area contributed by atoms with E-state index in [4.69, 9.17) is 4.74 Å². The number of halogens is 1. The molecule has 0 aromatic heterocycles. The Morgan fingerprint density at radius 2 is 2.04 bits per heavy atom. The van der Waals surface area contributed by atoms with E-state index in [0.717, 1.165) is 11.1 Å². The van der Waals surface area contributed by atoms with Gasteiger partial charge in [0, 0.05) is 35.2 Å². The number of methoxy groups -OCH3 is 1. The van der Waals surface area contributed by atoms with Crippen LogP contribution in [0.3, 0.4) is 0 Å². The molecule has 6 nitrogen and oxygen atoms in total. The van der Waals surface area contributed by atoms with Crippen molar-refractivity contribution in [3.63, 3.8) is 0 Å². The summed E-state index contributed by atoms with van der Waals surface area (Å²) in [6.07, 6.45) is 0.697. The third-order valence-corrected chi connectivity index (χ3v) is 6.98. The molecule has 0 saturated carbocycles. The SMILES string of the molecule is COc1ccccc1CNS(=O)(=O)c1cc2c(cc1Br)C[C@@H](C)N2C(C)=O. The average Bonchev–Trinajstić information content (AvgIpc) is 2.94. The van der Waals surface area contributed by atoms with Gasteiger partial charge in [-0.1, -0.05) is 18.2 Å². The minimum absolute atomic E-state index is 0.00360. The number of rotatable bonds is 5. The van der Waals surface area contributed by atoms with Crippen LogP contribution in [0, 0.1) is 0 Å². The van der Waals surface area contributed by atoms with E-state index in [0.29, 0.717) is 22.3 Å². The van der Waals surface area contributed by atoms with Crippen molar-refractivity contribution in [2.24, 2.45) is 0 Å². The van der Waals surface area contributed by atoms with Gasteiger partial charge in [0.2, 0.25) is 15.9 Å². The van der Waals surface area contributed by atoms with Gasteiger partial charge in [-0.25, -0.2) is 13.1 Å². The van der Waals surface area contributed by atoms with Crippen molar-refractivity contribution in [2.45, 2.75) is 37.8 Å². The molecular weight excluding hydrogens is 432 g/mol. The van der Waals surface area contributed by atoms with E-state index in [1.54, 1.807) is 36.3 Å². The van der Waals surface area contributed by atoms with Gasteiger partial charge in [0.1, 0.15) is 5.75 Å². The van der Waals surface area contributed by atoms with Crippen molar-refractivity contribution >= 4 is 37.5 Å². The number of anilines is 1. The predicted molar refractivity (Wildman–Crippen MR) is 107 cm³/mol. The van der Waals surface area contributed by atoms with Crippen molar-refractivity contribution in [1.29, 1.82) is 0 Å². The van der Waals surface area contributed by atoms with Crippen molar-refractivity contribution in [3.8, 4) is 5.75 Å². The third kappa shape index (κ3) is 3.88. The van der Waals surface area contributed by atoms with Gasteiger partial charge in [-0.15, -0.1) is 0 Å². The van der Waals surface area contributed by atoms with Crippen LogP contribution in [-0.4, -0.2) is 27.5 Å². The molecule has 0 saturated heterocycles. The fraction of sp³-hybridized carbons (Fsp3) is 0.316. The molecule has 0 bridgehead atoms. The molecule has 3 rings (SSSR count). The van der Waals surface area contributed by atoms with Crippen LogP contribution < -0.4 is 14.4 Å². The molecule has 0 spiro atoms. The summed E-state index contributed by atoms with van der Waals surface area (Å²) in [4.78, 5) is 13.7. The highest BCUT2D eigenvalue weighted by Gasteiger charge is 2.32. The lowest BCUT2D eigenvalue weighted by Gasteiger charge is -2.21. The van der Waals surface area contributed by atoms with Crippen LogP contribution in [0.15, 0.2) is 45.8 Å². The molecule has 2 aromatic carbocycles. The smallest absolute Gasteiger partial charge is 0.242 e. The predicted octanol–water partition coefficient (Wildman–Crippen LogP) is 3.23. The molecule has 1 atom stereocenters. The Morgan fingerprint density at radius 1 is 1.33 bits per heavy atom. The number of sulfonamides is 1. The summed E-state index contributed by atoms with van der Waals surface area (Å²) >= 11 is 3.37. The van der Waals surface area contributed by atoms with Gasteiger partial charge in [-0.2, -0.15) is 0 Å². The van der Waals surface area contributed by atoms with Gasteiger partial charge < -0.3 is 9.64 Å². The highest BCUT2D eigenvalue weighted by Crippen LogP contribution is 2.38. The van der Waals surface area contributed by atoms with Crippen molar-refractivity contribution in [2.75, 3.05) is 12.0 Å². The zero-order valence-corrected chi connectivity index (χ0v) is 17.7. The second-order valence-electron chi connectivity index (χ2n) is 6.49. The summed E-state index contributed by atoms with van der Waals surface area (Å²) in [5.41, 5.74) is 2.34. The Kier molecular flexibility index (Phi) is 5.60. The zero-order valence-electron chi connectivity index (χ0n) is 15.3. The van der Waals surface area contributed by atoms with Gasteiger partial charge in [0.15, 0.2) is 0 Å². The van der Waals surface area contributed by atoms with Crippen LogP contribution in [0.5, 0.6) is 5.75 Å². The topological polar surface area (TPSA) is 75.7 Å². The van der Waals surface area contributed by atoms with Gasteiger partial charge in [-0.3, -0.25) is 4.79 Å². The Bertz CT molecular complexity index is 991. The summed E-state index contributed by atoms with van der Waals surface area (Å²) in [7, 11) is -2.25. The first-order valence-electron chi connectivity index (χ1n) is 8.48. The summed E-state index contributed by atoms with van der Waals surface area (Å²) < 4.78 is 34.2. The number of fused-ring (bicyclic) bond motifs is 1. The molecule has 144 valence electrons. The van der Waals surface area contributed by atoms with Crippen molar-refractivity contribution < 1.29 is 17.9 Å². The van der Waals surface area contributed by atoms with E-state index in [9.17, 15) is 13.2 Å². The standard InChI is InChI=1S/C19H21BrN2O4S/c1-12-8-15-9-16(20)19(10-17(15)22(12)13(2)23)27(24,25)21-11-14-6-4-5-7-18(14)26-3/h4-7,9-10,12,21H,8,11H2,1-3H3/t12-/m1/s1. The Morgan fingerprint density at radius 3 is 2.70 bits per heavy atom. The van der Waals surface area contributed by atoms with Crippen LogP contribution in [0.1, 0.15) is 25.0 Å². The fourth-order valence-electron chi connectivity index (χ4n) is 3.40. The van der Waals surface area contributed by atoms with E-state index in [1.807, 2.05) is 19.1 Å². The molecule has 1 heterocycles. The van der Waals surface area contributed by atoms with E-state index >= 15 is 0 Å². The number of hydrogen-bond acceptors (Lipinski definition) is 4. The van der Waals surface area contributed by atoms with Crippen molar-refractivity contribution in [3.05, 3.63) is 52.0 Å². The monoisotopic (exact) mass is 452 g/mol. The molecule has 1 N–H and O–H groups in total. The normalized spacial score (nSPS) is 16.3. The first-order valence-corrected chi connectivity index (χ1v) is 10.8. The van der Waals surface area contributed by atoms with E-state index in [2.05, 4.69) is 20.7 Å². The number of carbonyl (C=O) groups excluding carboxylic acids is 1. The molecule has 1 aliphatic rings. The largest absolute Gasteiger partial charge is 0.496 e. The van der Waals surface area contributed by atoms with Gasteiger partial charge in [0.25, 0.3) is 0 Å². The van der Waals surface area contributed by atoms with E-state index in [1.165, 1.54) is 6.92 Å². The maximum absolute atomic E-state index is 12.9. The highest BCUT2D eigenvalue weighted by atomic mass is 79.9. The second kappa shape index (κ2) is 7.61. The van der Waals surface area contributed by atoms with Crippen LogP contribution in [-0.2, 0) is 27.8 Å². The number of amides is 1. The van der Waals surface area contributed by atoms with Crippen LogP contribution in [0.4, 0.5) is 5.69 Å². The lowest BCUT2D eigenvalue weighted by Crippen LogP contribution is -2.33. The molecule has 0 fully saturated rings. The van der Waals surface area contributed by atoms with Gasteiger partial charge in [0.05, 0.1) is 12.0 Å². The van der Waals surface area contributed by atoms with E-state index < -0.39 is 10.0 Å². The van der Waals surface area contributed by atoms with Gasteiger partial charge in [-0.05, 0) is 53.0 Å². The molecule has 1 amide bonds. The summed E-state index contributed by atoms with van der Waals surface area (Å²) in [5.74, 6) is 0.513. The number of nitrogens with one attached hydrogen (secondary N) is 1. The number of ether oxygens (including phenoxy) is 1. The summed E-state index contributed by atoms with van der Waals surface area (Å²) in [5, 5.41) is 0. The Balaban J connectivity index is 1.92. The van der Waals surface area contributed by atoms with Crippen LogP contribution in [0.25, 0.3) is 0 Å². The summed E-state index contributed by atoms with van der Waals surface area (Å²) in [6.45, 7) is 3.54.